The SMILES string of the molecule is CC(C)C(CCO)NC(=O)c1cc([N+](=O)[O-])ccc1N1CCCC1. The van der Waals surface area contributed by atoms with Gasteiger partial charge in [0.25, 0.3) is 11.6 Å². The molecule has 0 aliphatic carbocycles. The topological polar surface area (TPSA) is 95.7 Å². The van der Waals surface area contributed by atoms with Crippen LogP contribution in [-0.2, 0) is 0 Å². The number of non-ortho nitro benzene ring substituents is 1. The Morgan fingerprint density at radius 2 is 2.04 bits per heavy atom. The van der Waals surface area contributed by atoms with Crippen LogP contribution < -0.4 is 10.2 Å². The average molecular weight is 335 g/mol. The van der Waals surface area contributed by atoms with Gasteiger partial charge in [-0.15, -0.1) is 0 Å². The number of aliphatic hydroxyl groups is 1. The standard InChI is InChI=1S/C17H25N3O4/c1-12(2)15(7-10-21)18-17(22)14-11-13(20(23)24)5-6-16(14)19-8-3-4-9-19/h5-6,11-12,15,21H,3-4,7-10H2,1-2H3,(H,18,22). The second kappa shape index (κ2) is 8.10. The number of nitro benzene ring substituents is 1. The van der Waals surface area contributed by atoms with Gasteiger partial charge in [0.2, 0.25) is 0 Å². The average Bonchev–Trinajstić information content (AvgIpc) is 3.07. The van der Waals surface area contributed by atoms with Crippen LogP contribution in [0.2, 0.25) is 0 Å². The van der Waals surface area contributed by atoms with E-state index in [1.54, 1.807) is 6.07 Å². The molecule has 1 aliphatic heterocycles. The molecule has 7 nitrogen and oxygen atoms in total. The zero-order valence-corrected chi connectivity index (χ0v) is 14.2. The monoisotopic (exact) mass is 335 g/mol. The Morgan fingerprint density at radius 1 is 1.38 bits per heavy atom. The molecule has 1 heterocycles. The van der Waals surface area contributed by atoms with Crippen LogP contribution in [0.5, 0.6) is 0 Å². The van der Waals surface area contributed by atoms with E-state index in [4.69, 9.17) is 5.11 Å². The Kier molecular flexibility index (Phi) is 6.14. The van der Waals surface area contributed by atoms with Crippen molar-refractivity contribution in [3.63, 3.8) is 0 Å². The highest BCUT2D eigenvalue weighted by Crippen LogP contribution is 2.28. The highest BCUT2D eigenvalue weighted by Gasteiger charge is 2.24. The lowest BCUT2D eigenvalue weighted by atomic mass is 10.0. The second-order valence-electron chi connectivity index (χ2n) is 6.49. The first-order chi connectivity index (χ1) is 11.4. The fourth-order valence-electron chi connectivity index (χ4n) is 3.01. The summed E-state index contributed by atoms with van der Waals surface area (Å²) in [6.45, 7) is 5.62. The van der Waals surface area contributed by atoms with Crippen LogP contribution >= 0.6 is 0 Å². The molecule has 0 radical (unpaired) electrons. The Labute approximate surface area is 141 Å². The van der Waals surface area contributed by atoms with Gasteiger partial charge in [-0.25, -0.2) is 0 Å². The summed E-state index contributed by atoms with van der Waals surface area (Å²) in [5.41, 5.74) is 0.975. The van der Waals surface area contributed by atoms with Gasteiger partial charge in [-0.1, -0.05) is 13.8 Å². The predicted molar refractivity (Wildman–Crippen MR) is 92.3 cm³/mol. The molecule has 0 bridgehead atoms. The van der Waals surface area contributed by atoms with Crippen LogP contribution in [0.25, 0.3) is 0 Å². The van der Waals surface area contributed by atoms with E-state index in [0.29, 0.717) is 12.0 Å². The number of carbonyl (C=O) groups excluding carboxylic acids is 1. The largest absolute Gasteiger partial charge is 0.396 e. The number of carbonyl (C=O) groups is 1. The molecule has 24 heavy (non-hydrogen) atoms. The minimum Gasteiger partial charge on any atom is -0.396 e. The molecule has 1 fully saturated rings. The summed E-state index contributed by atoms with van der Waals surface area (Å²) >= 11 is 0. The molecule has 1 atom stereocenters. The normalized spacial score (nSPS) is 15.6. The van der Waals surface area contributed by atoms with E-state index in [2.05, 4.69) is 10.2 Å². The van der Waals surface area contributed by atoms with E-state index in [9.17, 15) is 14.9 Å². The van der Waals surface area contributed by atoms with Crippen molar-refractivity contribution in [2.75, 3.05) is 24.6 Å². The molecule has 0 spiro atoms. The Hall–Kier alpha value is -2.15. The number of benzene rings is 1. The molecule has 1 amide bonds. The minimum absolute atomic E-state index is 0.0168. The summed E-state index contributed by atoms with van der Waals surface area (Å²) in [7, 11) is 0. The molecular formula is C17H25N3O4. The quantitative estimate of drug-likeness (QED) is 0.589. The summed E-state index contributed by atoms with van der Waals surface area (Å²) < 4.78 is 0. The first-order valence-corrected chi connectivity index (χ1v) is 8.39. The number of nitrogens with zero attached hydrogens (tertiary/aromatic N) is 2. The third kappa shape index (κ3) is 4.23. The molecule has 1 unspecified atom stereocenters. The smallest absolute Gasteiger partial charge is 0.270 e. The third-order valence-corrected chi connectivity index (χ3v) is 4.44. The van der Waals surface area contributed by atoms with Gasteiger partial charge in [0, 0.05) is 37.9 Å². The van der Waals surface area contributed by atoms with E-state index < -0.39 is 4.92 Å². The van der Waals surface area contributed by atoms with Gasteiger partial charge < -0.3 is 15.3 Å². The lowest BCUT2D eigenvalue weighted by Crippen LogP contribution is -2.39. The Balaban J connectivity index is 2.31. The van der Waals surface area contributed by atoms with Crippen molar-refractivity contribution in [2.45, 2.75) is 39.2 Å². The Bertz CT molecular complexity index is 597. The lowest BCUT2D eigenvalue weighted by Gasteiger charge is -2.24. The van der Waals surface area contributed by atoms with Gasteiger partial charge in [0.05, 0.1) is 16.2 Å². The second-order valence-corrected chi connectivity index (χ2v) is 6.49. The molecular weight excluding hydrogens is 310 g/mol. The number of nitro groups is 1. The van der Waals surface area contributed by atoms with Crippen molar-refractivity contribution in [2.24, 2.45) is 5.92 Å². The number of amides is 1. The van der Waals surface area contributed by atoms with Crippen molar-refractivity contribution < 1.29 is 14.8 Å². The first kappa shape index (κ1) is 18.2. The summed E-state index contributed by atoms with van der Waals surface area (Å²) in [5.74, 6) is -0.164. The molecule has 1 aromatic carbocycles. The first-order valence-electron chi connectivity index (χ1n) is 8.39. The molecule has 0 aromatic heterocycles. The summed E-state index contributed by atoms with van der Waals surface area (Å²) in [6, 6.07) is 4.28. The fourth-order valence-corrected chi connectivity index (χ4v) is 3.01. The summed E-state index contributed by atoms with van der Waals surface area (Å²) in [4.78, 5) is 25.4. The zero-order chi connectivity index (χ0) is 17.7. The van der Waals surface area contributed by atoms with Crippen molar-refractivity contribution in [3.05, 3.63) is 33.9 Å². The van der Waals surface area contributed by atoms with Crippen molar-refractivity contribution in [1.29, 1.82) is 0 Å². The summed E-state index contributed by atoms with van der Waals surface area (Å²) in [5, 5.41) is 23.1. The van der Waals surface area contributed by atoms with Gasteiger partial charge in [0.15, 0.2) is 0 Å². The molecule has 132 valence electrons. The highest BCUT2D eigenvalue weighted by molar-refractivity contribution is 6.00. The number of anilines is 1. The van der Waals surface area contributed by atoms with Gasteiger partial charge in [-0.3, -0.25) is 14.9 Å². The van der Waals surface area contributed by atoms with E-state index in [1.807, 2.05) is 13.8 Å². The molecule has 0 saturated carbocycles. The number of hydrogen-bond acceptors (Lipinski definition) is 5. The van der Waals surface area contributed by atoms with Crippen LogP contribution in [0, 0.1) is 16.0 Å². The zero-order valence-electron chi connectivity index (χ0n) is 14.2. The fraction of sp³-hybridized carbons (Fsp3) is 0.588. The lowest BCUT2D eigenvalue weighted by molar-refractivity contribution is -0.384. The molecule has 1 saturated heterocycles. The maximum Gasteiger partial charge on any atom is 0.270 e. The molecule has 2 rings (SSSR count). The predicted octanol–water partition coefficient (Wildman–Crippen LogP) is 2.33. The third-order valence-electron chi connectivity index (χ3n) is 4.44. The Morgan fingerprint density at radius 3 is 2.58 bits per heavy atom. The van der Waals surface area contributed by atoms with Crippen molar-refractivity contribution in [1.82, 2.24) is 5.32 Å². The van der Waals surface area contributed by atoms with Gasteiger partial charge in [-0.2, -0.15) is 0 Å². The van der Waals surface area contributed by atoms with Gasteiger partial charge in [-0.05, 0) is 31.2 Å². The highest BCUT2D eigenvalue weighted by atomic mass is 16.6. The number of hydrogen-bond donors (Lipinski definition) is 2. The number of rotatable bonds is 7. The van der Waals surface area contributed by atoms with Crippen LogP contribution in [-0.4, -0.2) is 41.7 Å². The summed E-state index contributed by atoms with van der Waals surface area (Å²) in [6.07, 6.45) is 2.56. The molecule has 1 aliphatic rings. The number of nitrogens with one attached hydrogen (secondary N) is 1. The van der Waals surface area contributed by atoms with Crippen molar-refractivity contribution >= 4 is 17.3 Å². The maximum atomic E-state index is 12.7. The molecule has 2 N–H and O–H groups in total. The van der Waals surface area contributed by atoms with E-state index in [-0.39, 0.29) is 30.2 Å². The molecule has 1 aromatic rings. The number of aliphatic hydroxyl groups excluding tert-OH is 1. The van der Waals surface area contributed by atoms with Crippen LogP contribution in [0.1, 0.15) is 43.5 Å². The van der Waals surface area contributed by atoms with Gasteiger partial charge in [0.1, 0.15) is 0 Å². The van der Waals surface area contributed by atoms with Crippen LogP contribution in [0.3, 0.4) is 0 Å². The van der Waals surface area contributed by atoms with E-state index in [0.717, 1.165) is 31.6 Å². The molecule has 7 heteroatoms. The van der Waals surface area contributed by atoms with Gasteiger partial charge >= 0.3 is 0 Å². The van der Waals surface area contributed by atoms with E-state index in [1.165, 1.54) is 12.1 Å². The van der Waals surface area contributed by atoms with Crippen LogP contribution in [0.15, 0.2) is 18.2 Å². The van der Waals surface area contributed by atoms with Crippen molar-refractivity contribution in [3.8, 4) is 0 Å². The minimum atomic E-state index is -0.488. The van der Waals surface area contributed by atoms with Crippen LogP contribution in [0.4, 0.5) is 11.4 Å². The maximum absolute atomic E-state index is 12.7. The van der Waals surface area contributed by atoms with E-state index >= 15 is 0 Å².